The summed E-state index contributed by atoms with van der Waals surface area (Å²) in [5, 5.41) is 27.0. The highest BCUT2D eigenvalue weighted by atomic mass is 35.5. The van der Waals surface area contributed by atoms with Gasteiger partial charge in [0.25, 0.3) is 0 Å². The second-order valence-electron chi connectivity index (χ2n) is 5.36. The molecule has 0 aliphatic carbocycles. The Morgan fingerprint density at radius 2 is 1.56 bits per heavy atom. The van der Waals surface area contributed by atoms with Gasteiger partial charge in [0, 0.05) is 16.3 Å². The van der Waals surface area contributed by atoms with Gasteiger partial charge in [-0.1, -0.05) is 11.6 Å². The van der Waals surface area contributed by atoms with Crippen molar-refractivity contribution in [2.24, 2.45) is 0 Å². The van der Waals surface area contributed by atoms with Crippen LogP contribution in [0.4, 0.5) is 0 Å². The lowest BCUT2D eigenvalue weighted by Crippen LogP contribution is -2.10. The molecule has 124 valence electrons. The fourth-order valence-electron chi connectivity index (χ4n) is 2.53. The third-order valence-electron chi connectivity index (χ3n) is 3.69. The summed E-state index contributed by atoms with van der Waals surface area (Å²) in [5.41, 5.74) is 1.71. The van der Waals surface area contributed by atoms with Crippen LogP contribution in [0.15, 0.2) is 60.9 Å². The fraction of sp³-hybridized carbons (Fsp3) is 0.0588. The van der Waals surface area contributed by atoms with Gasteiger partial charge in [-0.3, -0.25) is 4.57 Å². The van der Waals surface area contributed by atoms with Crippen LogP contribution in [0.2, 0.25) is 5.02 Å². The van der Waals surface area contributed by atoms with E-state index in [0.717, 1.165) is 11.3 Å². The van der Waals surface area contributed by atoms with E-state index in [9.17, 15) is 5.11 Å². The minimum absolute atomic E-state index is 0.197. The third kappa shape index (κ3) is 3.09. The average Bonchev–Trinajstić information content (AvgIpc) is 3.27. The number of nitrogens with zero attached hydrogens (tertiary/aromatic N) is 6. The van der Waals surface area contributed by atoms with Crippen molar-refractivity contribution >= 4 is 11.6 Å². The van der Waals surface area contributed by atoms with Gasteiger partial charge in [0.2, 0.25) is 0 Å². The van der Waals surface area contributed by atoms with Crippen molar-refractivity contribution < 1.29 is 5.11 Å². The minimum Gasteiger partial charge on any atom is -0.508 e. The van der Waals surface area contributed by atoms with Gasteiger partial charge in [0.05, 0.1) is 12.4 Å². The van der Waals surface area contributed by atoms with E-state index >= 15 is 0 Å². The Hall–Kier alpha value is -3.19. The van der Waals surface area contributed by atoms with Crippen LogP contribution in [0, 0.1) is 0 Å². The summed E-state index contributed by atoms with van der Waals surface area (Å²) >= 11 is 6.01. The van der Waals surface area contributed by atoms with Crippen LogP contribution in [0.5, 0.6) is 5.75 Å². The normalized spacial score (nSPS) is 10.9. The van der Waals surface area contributed by atoms with Gasteiger partial charge in [0.15, 0.2) is 11.6 Å². The molecule has 2 aromatic carbocycles. The molecule has 0 atom stereocenters. The Bertz CT molecular complexity index is 977. The molecule has 1 N–H and O–H groups in total. The number of phenols is 1. The summed E-state index contributed by atoms with van der Waals surface area (Å²) in [6.07, 6.45) is 3.23. The highest BCUT2D eigenvalue weighted by Gasteiger charge is 2.16. The molecule has 0 saturated heterocycles. The molecular formula is C17H13ClN6O. The number of hydrogen-bond acceptors (Lipinski definition) is 5. The van der Waals surface area contributed by atoms with Crippen molar-refractivity contribution in [2.75, 3.05) is 0 Å². The molecule has 4 aromatic rings. The molecule has 0 aliphatic heterocycles. The third-order valence-corrected chi connectivity index (χ3v) is 3.94. The molecule has 0 saturated carbocycles. The molecule has 7 nitrogen and oxygen atoms in total. The molecule has 2 heterocycles. The number of aromatic nitrogens is 6. The smallest absolute Gasteiger partial charge is 0.168 e. The van der Waals surface area contributed by atoms with Crippen molar-refractivity contribution in [3.8, 4) is 22.8 Å². The molecule has 0 bridgehead atoms. The van der Waals surface area contributed by atoms with Crippen LogP contribution < -0.4 is 0 Å². The maximum absolute atomic E-state index is 9.52. The second kappa shape index (κ2) is 6.37. The Balaban J connectivity index is 1.85. The van der Waals surface area contributed by atoms with Crippen molar-refractivity contribution in [1.82, 2.24) is 29.8 Å². The van der Waals surface area contributed by atoms with Gasteiger partial charge >= 0.3 is 0 Å². The van der Waals surface area contributed by atoms with Gasteiger partial charge in [-0.2, -0.15) is 15.0 Å². The lowest BCUT2D eigenvalue weighted by molar-refractivity contribution is 0.475. The molecule has 4 rings (SSSR count). The monoisotopic (exact) mass is 352 g/mol. The van der Waals surface area contributed by atoms with Gasteiger partial charge in [0.1, 0.15) is 12.3 Å². The molecule has 0 unspecified atom stereocenters. The summed E-state index contributed by atoms with van der Waals surface area (Å²) in [7, 11) is 0. The summed E-state index contributed by atoms with van der Waals surface area (Å²) < 4.78 is 1.92. The van der Waals surface area contributed by atoms with E-state index in [1.54, 1.807) is 36.7 Å². The van der Waals surface area contributed by atoms with Crippen molar-refractivity contribution in [3.63, 3.8) is 0 Å². The molecule has 0 radical (unpaired) electrons. The van der Waals surface area contributed by atoms with Gasteiger partial charge in [-0.05, 0) is 48.5 Å². The SMILES string of the molecule is Oc1ccc(-c2nnc(Cn3nccn3)n2-c2ccc(Cl)cc2)cc1. The van der Waals surface area contributed by atoms with Crippen molar-refractivity contribution in [1.29, 1.82) is 0 Å². The predicted octanol–water partition coefficient (Wildman–Crippen LogP) is 2.93. The Morgan fingerprint density at radius 1 is 0.880 bits per heavy atom. The van der Waals surface area contributed by atoms with Crippen LogP contribution >= 0.6 is 11.6 Å². The van der Waals surface area contributed by atoms with Crippen LogP contribution in [0.1, 0.15) is 5.82 Å². The van der Waals surface area contributed by atoms with Gasteiger partial charge < -0.3 is 5.11 Å². The summed E-state index contributed by atoms with van der Waals surface area (Å²) in [6.45, 7) is 0.376. The summed E-state index contributed by atoms with van der Waals surface area (Å²) in [5.74, 6) is 1.54. The fourth-order valence-corrected chi connectivity index (χ4v) is 2.66. The lowest BCUT2D eigenvalue weighted by Gasteiger charge is -2.11. The van der Waals surface area contributed by atoms with Crippen LogP contribution in [0.3, 0.4) is 0 Å². The first-order valence-electron chi connectivity index (χ1n) is 7.54. The zero-order valence-electron chi connectivity index (χ0n) is 13.0. The zero-order chi connectivity index (χ0) is 17.2. The largest absolute Gasteiger partial charge is 0.508 e. The maximum atomic E-state index is 9.52. The highest BCUT2D eigenvalue weighted by molar-refractivity contribution is 6.30. The molecule has 8 heteroatoms. The molecule has 0 aliphatic rings. The van der Waals surface area contributed by atoms with Crippen molar-refractivity contribution in [3.05, 3.63) is 71.8 Å². The van der Waals surface area contributed by atoms with E-state index in [1.807, 2.05) is 28.8 Å². The molecule has 25 heavy (non-hydrogen) atoms. The van der Waals surface area contributed by atoms with E-state index in [0.29, 0.717) is 23.2 Å². The summed E-state index contributed by atoms with van der Waals surface area (Å²) in [4.78, 5) is 1.54. The number of benzene rings is 2. The first-order valence-corrected chi connectivity index (χ1v) is 7.92. The standard InChI is InChI=1S/C17H13ClN6O/c18-13-3-5-14(6-4-13)24-16(11-23-19-9-10-20-23)21-22-17(24)12-1-7-15(25)8-2-12/h1-10,25H,11H2. The maximum Gasteiger partial charge on any atom is 0.168 e. The minimum atomic E-state index is 0.197. The first kappa shape index (κ1) is 15.3. The Kier molecular flexibility index (Phi) is 3.91. The number of halogens is 1. The Labute approximate surface area is 148 Å². The molecule has 0 fully saturated rings. The van der Waals surface area contributed by atoms with Gasteiger partial charge in [-0.15, -0.1) is 10.2 Å². The molecule has 0 amide bonds. The van der Waals surface area contributed by atoms with E-state index in [1.165, 1.54) is 4.80 Å². The number of aromatic hydroxyl groups is 1. The first-order chi connectivity index (χ1) is 12.2. The lowest BCUT2D eigenvalue weighted by atomic mass is 10.2. The van der Waals surface area contributed by atoms with Crippen LogP contribution in [-0.2, 0) is 6.54 Å². The Morgan fingerprint density at radius 3 is 2.24 bits per heavy atom. The quantitative estimate of drug-likeness (QED) is 0.610. The van der Waals surface area contributed by atoms with Crippen molar-refractivity contribution in [2.45, 2.75) is 6.54 Å². The van der Waals surface area contributed by atoms with E-state index < -0.39 is 0 Å². The van der Waals surface area contributed by atoms with Crippen LogP contribution in [-0.4, -0.2) is 34.9 Å². The van der Waals surface area contributed by atoms with Crippen LogP contribution in [0.25, 0.3) is 17.1 Å². The predicted molar refractivity (Wildman–Crippen MR) is 92.6 cm³/mol. The number of rotatable bonds is 4. The second-order valence-corrected chi connectivity index (χ2v) is 5.79. The molecule has 0 spiro atoms. The average molecular weight is 353 g/mol. The highest BCUT2D eigenvalue weighted by Crippen LogP contribution is 2.25. The van der Waals surface area contributed by atoms with E-state index in [-0.39, 0.29) is 5.75 Å². The number of hydrogen-bond donors (Lipinski definition) is 1. The molecular weight excluding hydrogens is 340 g/mol. The number of phenolic OH excluding ortho intramolecular Hbond substituents is 1. The van der Waals surface area contributed by atoms with Gasteiger partial charge in [-0.25, -0.2) is 0 Å². The molecule has 2 aromatic heterocycles. The van der Waals surface area contributed by atoms with E-state index in [4.69, 9.17) is 11.6 Å². The zero-order valence-corrected chi connectivity index (χ0v) is 13.7. The summed E-state index contributed by atoms with van der Waals surface area (Å²) in [6, 6.07) is 14.2. The topological polar surface area (TPSA) is 81.7 Å². The van der Waals surface area contributed by atoms with E-state index in [2.05, 4.69) is 20.4 Å².